The van der Waals surface area contributed by atoms with Crippen LogP contribution in [-0.4, -0.2) is 17.5 Å². The molecule has 5 nitrogen and oxygen atoms in total. The van der Waals surface area contributed by atoms with Crippen molar-refractivity contribution < 1.29 is 13.9 Å². The number of hydrogen-bond acceptors (Lipinski definition) is 5. The zero-order valence-corrected chi connectivity index (χ0v) is 15.3. The Bertz CT molecular complexity index is 826. The van der Waals surface area contributed by atoms with E-state index in [1.54, 1.807) is 11.2 Å². The van der Waals surface area contributed by atoms with E-state index in [9.17, 15) is 4.79 Å². The fourth-order valence-corrected chi connectivity index (χ4v) is 3.58. The van der Waals surface area contributed by atoms with Crippen molar-refractivity contribution in [1.29, 1.82) is 0 Å². The van der Waals surface area contributed by atoms with Crippen molar-refractivity contribution in [1.82, 2.24) is 4.98 Å². The summed E-state index contributed by atoms with van der Waals surface area (Å²) in [6.45, 7) is 5.00. The molecule has 3 rings (SSSR count). The van der Waals surface area contributed by atoms with Gasteiger partial charge in [0.2, 0.25) is 5.91 Å². The lowest BCUT2D eigenvalue weighted by atomic mass is 10.2. The molecular formula is C19H22N2O3S. The number of furan rings is 1. The molecule has 0 N–H and O–H groups in total. The molecule has 0 unspecified atom stereocenters. The van der Waals surface area contributed by atoms with Gasteiger partial charge in [-0.3, -0.25) is 9.69 Å². The van der Waals surface area contributed by atoms with E-state index in [0.717, 1.165) is 34.6 Å². The number of para-hydroxylation sites is 1. The number of carbonyl (C=O) groups is 1. The third-order valence-electron chi connectivity index (χ3n) is 3.84. The second kappa shape index (κ2) is 8.16. The van der Waals surface area contributed by atoms with Crippen LogP contribution in [0.5, 0.6) is 5.75 Å². The molecule has 0 atom stereocenters. The zero-order chi connectivity index (χ0) is 17.6. The van der Waals surface area contributed by atoms with Crippen LogP contribution in [0, 0.1) is 0 Å². The van der Waals surface area contributed by atoms with Crippen LogP contribution in [0.15, 0.2) is 41.0 Å². The van der Waals surface area contributed by atoms with Crippen LogP contribution in [0.2, 0.25) is 0 Å². The summed E-state index contributed by atoms with van der Waals surface area (Å²) in [7, 11) is 0. The highest BCUT2D eigenvalue weighted by Crippen LogP contribution is 2.35. The van der Waals surface area contributed by atoms with Crippen LogP contribution >= 0.6 is 11.3 Å². The van der Waals surface area contributed by atoms with E-state index in [2.05, 4.69) is 6.92 Å². The second-order valence-corrected chi connectivity index (χ2v) is 6.70. The summed E-state index contributed by atoms with van der Waals surface area (Å²) in [6.07, 6.45) is 3.97. The molecule has 1 aromatic carbocycles. The minimum Gasteiger partial charge on any atom is -0.492 e. The molecule has 1 amide bonds. The molecule has 132 valence electrons. The van der Waals surface area contributed by atoms with Crippen molar-refractivity contribution in [2.75, 3.05) is 11.5 Å². The van der Waals surface area contributed by atoms with Gasteiger partial charge in [0.1, 0.15) is 17.0 Å². The third kappa shape index (κ3) is 4.02. The van der Waals surface area contributed by atoms with Crippen LogP contribution in [0.25, 0.3) is 10.2 Å². The van der Waals surface area contributed by atoms with E-state index in [4.69, 9.17) is 14.1 Å². The van der Waals surface area contributed by atoms with Gasteiger partial charge in [-0.25, -0.2) is 4.98 Å². The van der Waals surface area contributed by atoms with E-state index in [0.29, 0.717) is 24.7 Å². The number of hydrogen-bond donors (Lipinski definition) is 0. The average molecular weight is 358 g/mol. The number of amides is 1. The summed E-state index contributed by atoms with van der Waals surface area (Å²) < 4.78 is 12.1. The first-order chi connectivity index (χ1) is 12.2. The van der Waals surface area contributed by atoms with Gasteiger partial charge >= 0.3 is 0 Å². The molecule has 0 aliphatic carbocycles. The number of benzene rings is 1. The van der Waals surface area contributed by atoms with Gasteiger partial charge in [-0.1, -0.05) is 30.7 Å². The van der Waals surface area contributed by atoms with Crippen molar-refractivity contribution in [3.05, 3.63) is 42.4 Å². The van der Waals surface area contributed by atoms with Crippen molar-refractivity contribution in [3.8, 4) is 5.75 Å². The van der Waals surface area contributed by atoms with Gasteiger partial charge in [-0.15, -0.1) is 0 Å². The van der Waals surface area contributed by atoms with Crippen LogP contribution in [-0.2, 0) is 11.3 Å². The topological polar surface area (TPSA) is 55.6 Å². The van der Waals surface area contributed by atoms with Gasteiger partial charge in [0.05, 0.1) is 24.1 Å². The van der Waals surface area contributed by atoms with Crippen LogP contribution in [0.4, 0.5) is 5.13 Å². The quantitative estimate of drug-likeness (QED) is 0.568. The first-order valence-corrected chi connectivity index (χ1v) is 9.39. The predicted octanol–water partition coefficient (Wildman–Crippen LogP) is 5.01. The molecule has 2 heterocycles. The zero-order valence-electron chi connectivity index (χ0n) is 14.5. The lowest BCUT2D eigenvalue weighted by Gasteiger charge is -2.18. The maximum atomic E-state index is 12.7. The number of rotatable bonds is 8. The highest BCUT2D eigenvalue weighted by atomic mass is 32.1. The molecule has 0 aliphatic heterocycles. The fourth-order valence-electron chi connectivity index (χ4n) is 2.58. The van der Waals surface area contributed by atoms with Crippen LogP contribution in [0.1, 0.15) is 38.9 Å². The van der Waals surface area contributed by atoms with Crippen molar-refractivity contribution in [2.24, 2.45) is 0 Å². The molecule has 0 spiro atoms. The smallest absolute Gasteiger partial charge is 0.229 e. The van der Waals surface area contributed by atoms with Gasteiger partial charge in [0.15, 0.2) is 5.13 Å². The predicted molar refractivity (Wildman–Crippen MR) is 100 cm³/mol. The maximum absolute atomic E-state index is 12.7. The molecule has 0 bridgehead atoms. The third-order valence-corrected chi connectivity index (χ3v) is 4.88. The Morgan fingerprint density at radius 3 is 2.88 bits per heavy atom. The van der Waals surface area contributed by atoms with Gasteiger partial charge in [0, 0.05) is 6.42 Å². The van der Waals surface area contributed by atoms with E-state index in [-0.39, 0.29) is 5.91 Å². The molecule has 25 heavy (non-hydrogen) atoms. The Hall–Kier alpha value is -2.34. The Morgan fingerprint density at radius 1 is 1.28 bits per heavy atom. The van der Waals surface area contributed by atoms with Crippen LogP contribution < -0.4 is 9.64 Å². The van der Waals surface area contributed by atoms with Gasteiger partial charge in [0.25, 0.3) is 0 Å². The van der Waals surface area contributed by atoms with E-state index >= 15 is 0 Å². The summed E-state index contributed by atoms with van der Waals surface area (Å²) in [5.74, 6) is 1.56. The highest BCUT2D eigenvalue weighted by molar-refractivity contribution is 7.22. The monoisotopic (exact) mass is 358 g/mol. The average Bonchev–Trinajstić information content (AvgIpc) is 3.27. The van der Waals surface area contributed by atoms with Crippen molar-refractivity contribution >= 4 is 32.6 Å². The minimum absolute atomic E-state index is 0.0651. The Balaban J connectivity index is 1.95. The number of nitrogens with zero attached hydrogens (tertiary/aromatic N) is 2. The number of fused-ring (bicyclic) bond motifs is 1. The standard InChI is InChI=1S/C19H22N2O3S/c1-3-5-11-17(22)21(13-14-8-7-12-24-14)19-20-18-15(23-4-2)9-6-10-16(18)25-19/h6-10,12H,3-5,11,13H2,1-2H3. The Labute approximate surface area is 151 Å². The van der Waals surface area contributed by atoms with Crippen LogP contribution in [0.3, 0.4) is 0 Å². The minimum atomic E-state index is 0.0651. The summed E-state index contributed by atoms with van der Waals surface area (Å²) in [5, 5.41) is 0.680. The number of carbonyl (C=O) groups excluding carboxylic acids is 1. The number of anilines is 1. The largest absolute Gasteiger partial charge is 0.492 e. The molecule has 0 fully saturated rings. The molecule has 0 aliphatic rings. The number of thiazole rings is 1. The first kappa shape index (κ1) is 17.5. The molecule has 0 radical (unpaired) electrons. The van der Waals surface area contributed by atoms with E-state index in [1.165, 1.54) is 11.3 Å². The molecule has 0 saturated heterocycles. The SMILES string of the molecule is CCCCC(=O)N(Cc1ccco1)c1nc2c(OCC)cccc2s1. The molecule has 2 aromatic heterocycles. The van der Waals surface area contributed by atoms with Gasteiger partial charge < -0.3 is 9.15 Å². The normalized spacial score (nSPS) is 11.0. The molecule has 6 heteroatoms. The fraction of sp³-hybridized carbons (Fsp3) is 0.368. The molecule has 0 saturated carbocycles. The highest BCUT2D eigenvalue weighted by Gasteiger charge is 2.21. The van der Waals surface area contributed by atoms with Crippen molar-refractivity contribution in [2.45, 2.75) is 39.7 Å². The summed E-state index contributed by atoms with van der Waals surface area (Å²) in [6, 6.07) is 9.56. The number of ether oxygens (including phenoxy) is 1. The summed E-state index contributed by atoms with van der Waals surface area (Å²) >= 11 is 1.50. The maximum Gasteiger partial charge on any atom is 0.229 e. The lowest BCUT2D eigenvalue weighted by Crippen LogP contribution is -2.29. The van der Waals surface area contributed by atoms with Gasteiger partial charge in [-0.2, -0.15) is 0 Å². The van der Waals surface area contributed by atoms with Crippen molar-refractivity contribution in [3.63, 3.8) is 0 Å². The Kier molecular flexibility index (Phi) is 5.71. The molecule has 3 aromatic rings. The first-order valence-electron chi connectivity index (χ1n) is 8.58. The molecular weight excluding hydrogens is 336 g/mol. The van der Waals surface area contributed by atoms with E-state index in [1.807, 2.05) is 37.3 Å². The van der Waals surface area contributed by atoms with E-state index < -0.39 is 0 Å². The second-order valence-electron chi connectivity index (χ2n) is 5.70. The van der Waals surface area contributed by atoms with Gasteiger partial charge in [-0.05, 0) is 37.6 Å². The number of unbranched alkanes of at least 4 members (excludes halogenated alkanes) is 1. The summed E-state index contributed by atoms with van der Waals surface area (Å²) in [4.78, 5) is 19.2. The number of aromatic nitrogens is 1. The lowest BCUT2D eigenvalue weighted by molar-refractivity contribution is -0.118. The Morgan fingerprint density at radius 2 is 2.16 bits per heavy atom. The summed E-state index contributed by atoms with van der Waals surface area (Å²) in [5.41, 5.74) is 0.803.